The van der Waals surface area contributed by atoms with E-state index in [1.807, 2.05) is 20.0 Å². The summed E-state index contributed by atoms with van der Waals surface area (Å²) in [5, 5.41) is 3.14. The fourth-order valence-electron chi connectivity index (χ4n) is 1.54. The first kappa shape index (κ1) is 12.7. The highest BCUT2D eigenvalue weighted by atomic mass is 79.9. The van der Waals surface area contributed by atoms with Crippen LogP contribution in [-0.2, 0) is 6.54 Å². The number of furan rings is 1. The van der Waals surface area contributed by atoms with Gasteiger partial charge in [-0.15, -0.1) is 0 Å². The summed E-state index contributed by atoms with van der Waals surface area (Å²) in [4.78, 5) is 2.36. The first-order valence-corrected chi connectivity index (χ1v) is 6.96. The summed E-state index contributed by atoms with van der Waals surface area (Å²) in [5.74, 6) is 0.959. The second kappa shape index (κ2) is 5.76. The Kier molecular flexibility index (Phi) is 4.31. The molecule has 0 amide bonds. The first-order valence-electron chi connectivity index (χ1n) is 5.35. The Morgan fingerprint density at radius 2 is 2.12 bits per heavy atom. The van der Waals surface area contributed by atoms with Gasteiger partial charge in [0.05, 0.1) is 11.2 Å². The van der Waals surface area contributed by atoms with E-state index in [-0.39, 0.29) is 0 Å². The van der Waals surface area contributed by atoms with E-state index in [9.17, 15) is 0 Å². The summed E-state index contributed by atoms with van der Waals surface area (Å²) in [6.45, 7) is 2.86. The van der Waals surface area contributed by atoms with Crippen molar-refractivity contribution < 1.29 is 4.42 Å². The van der Waals surface area contributed by atoms with Crippen molar-refractivity contribution in [2.24, 2.45) is 0 Å². The van der Waals surface area contributed by atoms with E-state index in [4.69, 9.17) is 4.42 Å². The van der Waals surface area contributed by atoms with E-state index < -0.39 is 0 Å². The van der Waals surface area contributed by atoms with Crippen LogP contribution in [0, 0.1) is 6.92 Å². The van der Waals surface area contributed by atoms with Crippen LogP contribution < -0.4 is 5.32 Å². The minimum Gasteiger partial charge on any atom is -0.468 e. The van der Waals surface area contributed by atoms with Crippen molar-refractivity contribution in [3.8, 4) is 0 Å². The van der Waals surface area contributed by atoms with Gasteiger partial charge < -0.3 is 9.73 Å². The molecule has 0 bridgehead atoms. The molecule has 90 valence electrons. The predicted molar refractivity (Wildman–Crippen MR) is 74.5 cm³/mol. The zero-order valence-electron chi connectivity index (χ0n) is 9.79. The van der Waals surface area contributed by atoms with E-state index in [0.717, 1.165) is 21.7 Å². The Bertz CT molecular complexity index is 510. The third-order valence-corrected chi connectivity index (χ3v) is 4.55. The monoisotopic (exact) mass is 311 g/mol. The number of hydrogen-bond acceptors (Lipinski definition) is 3. The van der Waals surface area contributed by atoms with Crippen LogP contribution in [-0.4, -0.2) is 7.05 Å². The van der Waals surface area contributed by atoms with Gasteiger partial charge in [-0.3, -0.25) is 0 Å². The highest BCUT2D eigenvalue weighted by Crippen LogP contribution is 2.35. The number of nitrogens with one attached hydrogen (secondary N) is 1. The predicted octanol–water partition coefficient (Wildman–Crippen LogP) is 4.22. The molecular formula is C13H14BrNOS. The zero-order chi connectivity index (χ0) is 12.3. The minimum atomic E-state index is 0.883. The third kappa shape index (κ3) is 3.15. The van der Waals surface area contributed by atoms with Crippen LogP contribution in [0.15, 0.2) is 49.2 Å². The van der Waals surface area contributed by atoms with Crippen molar-refractivity contribution in [1.29, 1.82) is 0 Å². The molecule has 2 aromatic rings. The molecule has 2 nitrogen and oxygen atoms in total. The largest absolute Gasteiger partial charge is 0.468 e. The van der Waals surface area contributed by atoms with Crippen LogP contribution in [0.1, 0.15) is 11.3 Å². The van der Waals surface area contributed by atoms with Crippen molar-refractivity contribution in [3.05, 3.63) is 46.3 Å². The van der Waals surface area contributed by atoms with E-state index in [0.29, 0.717) is 0 Å². The summed E-state index contributed by atoms with van der Waals surface area (Å²) >= 11 is 5.32. The van der Waals surface area contributed by atoms with Gasteiger partial charge in [-0.05, 0) is 53.7 Å². The maximum atomic E-state index is 5.29. The van der Waals surface area contributed by atoms with Crippen LogP contribution >= 0.6 is 27.7 Å². The van der Waals surface area contributed by atoms with E-state index in [2.05, 4.69) is 39.4 Å². The lowest BCUT2D eigenvalue weighted by atomic mass is 10.2. The molecule has 2 rings (SSSR count). The van der Waals surface area contributed by atoms with Crippen LogP contribution in [0.5, 0.6) is 0 Å². The summed E-state index contributed by atoms with van der Waals surface area (Å²) in [6.07, 6.45) is 1.72. The molecule has 4 heteroatoms. The van der Waals surface area contributed by atoms with E-state index in [1.165, 1.54) is 10.5 Å². The molecule has 0 spiro atoms. The summed E-state index contributed by atoms with van der Waals surface area (Å²) in [6, 6.07) is 8.41. The molecule has 0 saturated carbocycles. The molecule has 0 aliphatic carbocycles. The molecular weight excluding hydrogens is 298 g/mol. The molecule has 0 aliphatic heterocycles. The first-order chi connectivity index (χ1) is 8.20. The summed E-state index contributed by atoms with van der Waals surface area (Å²) in [7, 11) is 1.95. The zero-order valence-corrected chi connectivity index (χ0v) is 12.2. The van der Waals surface area contributed by atoms with Crippen LogP contribution in [0.4, 0.5) is 0 Å². The van der Waals surface area contributed by atoms with Gasteiger partial charge in [0.25, 0.3) is 0 Å². The van der Waals surface area contributed by atoms with Crippen molar-refractivity contribution in [1.82, 2.24) is 5.32 Å². The van der Waals surface area contributed by atoms with Crippen LogP contribution in [0.2, 0.25) is 0 Å². The van der Waals surface area contributed by atoms with E-state index in [1.54, 1.807) is 18.0 Å². The number of halogens is 1. The van der Waals surface area contributed by atoms with Crippen molar-refractivity contribution in [2.75, 3.05) is 7.05 Å². The van der Waals surface area contributed by atoms with Crippen molar-refractivity contribution in [2.45, 2.75) is 23.3 Å². The molecule has 1 heterocycles. The lowest BCUT2D eigenvalue weighted by molar-refractivity contribution is 0.527. The molecule has 1 aromatic heterocycles. The lowest BCUT2D eigenvalue weighted by Gasteiger charge is -2.06. The molecule has 0 aliphatic rings. The fourth-order valence-corrected chi connectivity index (χ4v) is 3.05. The molecule has 0 fully saturated rings. The molecule has 0 radical (unpaired) electrons. The molecule has 1 N–H and O–H groups in total. The fraction of sp³-hybridized carbons (Fsp3) is 0.231. The topological polar surface area (TPSA) is 25.2 Å². The van der Waals surface area contributed by atoms with E-state index >= 15 is 0 Å². The second-order valence-corrected chi connectivity index (χ2v) is 5.68. The van der Waals surface area contributed by atoms with Crippen LogP contribution in [0.25, 0.3) is 0 Å². The summed E-state index contributed by atoms with van der Waals surface area (Å²) in [5.41, 5.74) is 1.27. The van der Waals surface area contributed by atoms with Gasteiger partial charge in [0.2, 0.25) is 0 Å². The number of rotatable bonds is 4. The van der Waals surface area contributed by atoms with Gasteiger partial charge in [0.1, 0.15) is 5.76 Å². The van der Waals surface area contributed by atoms with Gasteiger partial charge in [-0.2, -0.15) is 0 Å². The average molecular weight is 312 g/mol. The lowest BCUT2D eigenvalue weighted by Crippen LogP contribution is -2.04. The smallest absolute Gasteiger partial charge is 0.114 e. The number of benzene rings is 1. The highest BCUT2D eigenvalue weighted by molar-refractivity contribution is 9.10. The Morgan fingerprint density at radius 3 is 2.71 bits per heavy atom. The SMILES string of the molecule is CNCc1ccc(Sc2ccoc2C)c(Br)c1. The Labute approximate surface area is 114 Å². The van der Waals surface area contributed by atoms with Gasteiger partial charge >= 0.3 is 0 Å². The standard InChI is InChI=1S/C13H14BrNOS/c1-9-12(5-6-16-9)17-13-4-3-10(8-15-2)7-11(13)14/h3-7,15H,8H2,1-2H3. The number of aryl methyl sites for hydroxylation is 1. The Hall–Kier alpha value is -0.710. The quantitative estimate of drug-likeness (QED) is 0.915. The highest BCUT2D eigenvalue weighted by Gasteiger charge is 2.07. The molecule has 0 unspecified atom stereocenters. The van der Waals surface area contributed by atoms with Gasteiger partial charge in [0, 0.05) is 15.9 Å². The minimum absolute atomic E-state index is 0.883. The maximum absolute atomic E-state index is 5.29. The average Bonchev–Trinajstić information content (AvgIpc) is 2.69. The Balaban J connectivity index is 2.19. The summed E-state index contributed by atoms with van der Waals surface area (Å²) < 4.78 is 6.41. The van der Waals surface area contributed by atoms with Gasteiger partial charge in [-0.25, -0.2) is 0 Å². The maximum Gasteiger partial charge on any atom is 0.114 e. The molecule has 0 saturated heterocycles. The third-order valence-electron chi connectivity index (χ3n) is 2.41. The molecule has 1 aromatic carbocycles. The normalized spacial score (nSPS) is 10.8. The molecule has 17 heavy (non-hydrogen) atoms. The van der Waals surface area contributed by atoms with Crippen molar-refractivity contribution in [3.63, 3.8) is 0 Å². The second-order valence-electron chi connectivity index (χ2n) is 3.74. The molecule has 0 atom stereocenters. The van der Waals surface area contributed by atoms with Crippen molar-refractivity contribution >= 4 is 27.7 Å². The van der Waals surface area contributed by atoms with Gasteiger partial charge in [0.15, 0.2) is 0 Å². The Morgan fingerprint density at radius 1 is 1.29 bits per heavy atom. The van der Waals surface area contributed by atoms with Gasteiger partial charge in [-0.1, -0.05) is 17.8 Å². The van der Waals surface area contributed by atoms with Crippen LogP contribution in [0.3, 0.4) is 0 Å². The number of hydrogen-bond donors (Lipinski definition) is 1.